The van der Waals surface area contributed by atoms with Crippen molar-refractivity contribution >= 4 is 51.7 Å². The molecule has 1 aliphatic rings. The largest absolute Gasteiger partial charge is 0.490 e. The Kier molecular flexibility index (Phi) is 6.29. The highest BCUT2D eigenvalue weighted by Crippen LogP contribution is 2.33. The number of nitrogens with zero attached hydrogens (tertiary/aromatic N) is 1. The van der Waals surface area contributed by atoms with Crippen LogP contribution in [0.2, 0.25) is 0 Å². The second-order valence-corrected chi connectivity index (χ2v) is 8.67. The number of thiocarbonyl (C=S) groups is 1. The molecule has 0 spiro atoms. The van der Waals surface area contributed by atoms with E-state index in [1.54, 1.807) is 6.08 Å². The van der Waals surface area contributed by atoms with Crippen molar-refractivity contribution in [3.8, 4) is 5.75 Å². The van der Waals surface area contributed by atoms with E-state index in [2.05, 4.69) is 5.32 Å². The van der Waals surface area contributed by atoms with Gasteiger partial charge in [-0.3, -0.25) is 19.8 Å². The lowest BCUT2D eigenvalue weighted by Crippen LogP contribution is -2.54. The lowest BCUT2D eigenvalue weighted by molar-refractivity contribution is -0.122. The van der Waals surface area contributed by atoms with Crippen molar-refractivity contribution in [3.63, 3.8) is 0 Å². The van der Waals surface area contributed by atoms with Gasteiger partial charge in [0.15, 0.2) is 5.11 Å². The molecule has 1 fully saturated rings. The molecule has 1 aliphatic heterocycles. The molecule has 0 unspecified atom stereocenters. The molecule has 0 bridgehead atoms. The summed E-state index contributed by atoms with van der Waals surface area (Å²) < 4.78 is 6.16. The number of aryl methyl sites for hydroxylation is 2. The zero-order valence-corrected chi connectivity index (χ0v) is 20.0. The van der Waals surface area contributed by atoms with Gasteiger partial charge in [0.2, 0.25) is 0 Å². The van der Waals surface area contributed by atoms with Crippen molar-refractivity contribution in [1.82, 2.24) is 5.32 Å². The zero-order valence-electron chi connectivity index (χ0n) is 19.1. The van der Waals surface area contributed by atoms with E-state index in [4.69, 9.17) is 17.0 Å². The zero-order chi connectivity index (χ0) is 23.7. The minimum Gasteiger partial charge on any atom is -0.490 e. The summed E-state index contributed by atoms with van der Waals surface area (Å²) in [5.41, 5.74) is 3.24. The van der Waals surface area contributed by atoms with Crippen molar-refractivity contribution in [1.29, 1.82) is 0 Å². The minimum absolute atomic E-state index is 0.00913. The summed E-state index contributed by atoms with van der Waals surface area (Å²) in [6, 6.07) is 17.5. The van der Waals surface area contributed by atoms with Crippen LogP contribution in [0.15, 0.2) is 60.2 Å². The van der Waals surface area contributed by atoms with Crippen LogP contribution in [0, 0.1) is 13.8 Å². The number of amides is 2. The predicted octanol–water partition coefficient (Wildman–Crippen LogP) is 5.47. The highest BCUT2D eigenvalue weighted by atomic mass is 32.1. The fraction of sp³-hybridized carbons (Fsp3) is 0.222. The fourth-order valence-corrected chi connectivity index (χ4v) is 4.08. The van der Waals surface area contributed by atoms with E-state index in [1.165, 1.54) is 4.90 Å². The number of carbonyl (C=O) groups excluding carboxylic acids is 2. The smallest absolute Gasteiger partial charge is 0.270 e. The standard InChI is InChI=1S/C27H26N2O3S/c1-5-18(4)32-24-13-12-19-8-6-7-9-20(19)21(24)15-22-25(30)28-27(33)29(26(22)31)23-14-16(2)10-11-17(23)3/h6-15,18H,5H2,1-4H3,(H,28,30,33)/b22-15+/t18-/m1/s1. The van der Waals surface area contributed by atoms with Crippen molar-refractivity contribution in [2.45, 2.75) is 40.2 Å². The quantitative estimate of drug-likeness (QED) is 0.313. The van der Waals surface area contributed by atoms with Gasteiger partial charge in [0.05, 0.1) is 11.8 Å². The van der Waals surface area contributed by atoms with Crippen molar-refractivity contribution < 1.29 is 14.3 Å². The first kappa shape index (κ1) is 22.7. The number of carbonyl (C=O) groups is 2. The molecule has 0 aliphatic carbocycles. The molecule has 6 heteroatoms. The van der Waals surface area contributed by atoms with Gasteiger partial charge < -0.3 is 4.74 Å². The van der Waals surface area contributed by atoms with Gasteiger partial charge in [0.1, 0.15) is 11.3 Å². The molecule has 3 aromatic rings. The van der Waals surface area contributed by atoms with Gasteiger partial charge in [0.25, 0.3) is 11.8 Å². The summed E-state index contributed by atoms with van der Waals surface area (Å²) in [5.74, 6) is -0.351. The second kappa shape index (κ2) is 9.16. The molecule has 1 atom stereocenters. The van der Waals surface area contributed by atoms with Crippen LogP contribution in [0.1, 0.15) is 37.0 Å². The normalized spacial score (nSPS) is 16.3. The van der Waals surface area contributed by atoms with E-state index in [9.17, 15) is 9.59 Å². The Morgan fingerprint density at radius 2 is 1.85 bits per heavy atom. The third-order valence-corrected chi connectivity index (χ3v) is 6.11. The van der Waals surface area contributed by atoms with Gasteiger partial charge in [-0.15, -0.1) is 0 Å². The maximum Gasteiger partial charge on any atom is 0.270 e. The molecule has 4 rings (SSSR count). The number of hydrogen-bond donors (Lipinski definition) is 1. The molecule has 0 saturated carbocycles. The summed E-state index contributed by atoms with van der Waals surface area (Å²) in [6.45, 7) is 7.90. The SMILES string of the molecule is CC[C@@H](C)Oc1ccc2ccccc2c1/C=C1\C(=O)NC(=S)N(c2cc(C)ccc2C)C1=O. The van der Waals surface area contributed by atoms with Crippen molar-refractivity contribution in [2.24, 2.45) is 0 Å². The topological polar surface area (TPSA) is 58.6 Å². The maximum atomic E-state index is 13.6. The number of benzene rings is 3. The Morgan fingerprint density at radius 1 is 1.09 bits per heavy atom. The Hall–Kier alpha value is -3.51. The van der Waals surface area contributed by atoms with E-state index >= 15 is 0 Å². The Bertz CT molecular complexity index is 1310. The van der Waals surface area contributed by atoms with Crippen molar-refractivity contribution in [3.05, 3.63) is 76.9 Å². The third kappa shape index (κ3) is 4.39. The maximum absolute atomic E-state index is 13.6. The molecule has 3 aromatic carbocycles. The van der Waals surface area contributed by atoms with Crippen LogP contribution in [0.3, 0.4) is 0 Å². The van der Waals surface area contributed by atoms with Gasteiger partial charge in [-0.05, 0) is 79.5 Å². The molecule has 1 saturated heterocycles. The van der Waals surface area contributed by atoms with Crippen LogP contribution < -0.4 is 15.0 Å². The average molecular weight is 459 g/mol. The number of hydrogen-bond acceptors (Lipinski definition) is 4. The monoisotopic (exact) mass is 458 g/mol. The first-order valence-electron chi connectivity index (χ1n) is 11.0. The van der Waals surface area contributed by atoms with Crippen LogP contribution in [0.25, 0.3) is 16.8 Å². The molecule has 0 radical (unpaired) electrons. The molecular weight excluding hydrogens is 432 g/mol. The average Bonchev–Trinajstić information content (AvgIpc) is 2.79. The summed E-state index contributed by atoms with van der Waals surface area (Å²) >= 11 is 5.38. The minimum atomic E-state index is -0.519. The molecule has 1 N–H and O–H groups in total. The Morgan fingerprint density at radius 3 is 2.61 bits per heavy atom. The Balaban J connectivity index is 1.88. The van der Waals surface area contributed by atoms with Gasteiger partial charge in [-0.25, -0.2) is 0 Å². The molecule has 2 amide bonds. The molecule has 168 valence electrons. The number of anilines is 1. The number of nitrogens with one attached hydrogen (secondary N) is 1. The van der Waals surface area contributed by atoms with Gasteiger partial charge in [-0.1, -0.05) is 49.4 Å². The van der Waals surface area contributed by atoms with Crippen LogP contribution in [0.5, 0.6) is 5.75 Å². The lowest BCUT2D eigenvalue weighted by Gasteiger charge is -2.30. The van der Waals surface area contributed by atoms with Gasteiger partial charge >= 0.3 is 0 Å². The third-order valence-electron chi connectivity index (χ3n) is 5.83. The van der Waals surface area contributed by atoms with Crippen LogP contribution >= 0.6 is 12.2 Å². The molecule has 5 nitrogen and oxygen atoms in total. The van der Waals surface area contributed by atoms with E-state index in [-0.39, 0.29) is 16.8 Å². The van der Waals surface area contributed by atoms with Gasteiger partial charge in [-0.2, -0.15) is 0 Å². The first-order chi connectivity index (χ1) is 15.8. The Labute approximate surface area is 199 Å². The van der Waals surface area contributed by atoms with E-state index < -0.39 is 11.8 Å². The van der Waals surface area contributed by atoms with Crippen LogP contribution in [0.4, 0.5) is 5.69 Å². The summed E-state index contributed by atoms with van der Waals surface area (Å²) in [4.78, 5) is 27.9. The first-order valence-corrected chi connectivity index (χ1v) is 11.4. The number of ether oxygens (including phenoxy) is 1. The van der Waals surface area contributed by atoms with E-state index in [0.717, 1.165) is 28.3 Å². The molecule has 33 heavy (non-hydrogen) atoms. The molecule has 0 aromatic heterocycles. The van der Waals surface area contributed by atoms with E-state index in [1.807, 2.05) is 82.3 Å². The summed E-state index contributed by atoms with van der Waals surface area (Å²) in [6.07, 6.45) is 2.44. The fourth-order valence-electron chi connectivity index (χ4n) is 3.81. The van der Waals surface area contributed by atoms with Crippen LogP contribution in [-0.2, 0) is 9.59 Å². The lowest BCUT2D eigenvalue weighted by atomic mass is 9.99. The van der Waals surface area contributed by atoms with E-state index in [0.29, 0.717) is 17.0 Å². The predicted molar refractivity (Wildman–Crippen MR) is 136 cm³/mol. The molecular formula is C27H26N2O3S. The van der Waals surface area contributed by atoms with Crippen LogP contribution in [-0.4, -0.2) is 23.0 Å². The summed E-state index contributed by atoms with van der Waals surface area (Å²) in [5, 5.41) is 4.65. The van der Waals surface area contributed by atoms with Crippen molar-refractivity contribution in [2.75, 3.05) is 4.90 Å². The highest BCUT2D eigenvalue weighted by molar-refractivity contribution is 7.80. The second-order valence-electron chi connectivity index (χ2n) is 8.28. The highest BCUT2D eigenvalue weighted by Gasteiger charge is 2.35. The number of fused-ring (bicyclic) bond motifs is 1. The number of rotatable bonds is 5. The molecule has 1 heterocycles. The van der Waals surface area contributed by atoms with Gasteiger partial charge in [0, 0.05) is 5.56 Å². The summed E-state index contributed by atoms with van der Waals surface area (Å²) in [7, 11) is 0.